The highest BCUT2D eigenvalue weighted by atomic mass is 33.1. The summed E-state index contributed by atoms with van der Waals surface area (Å²) in [6.07, 6.45) is 0.885. The Balaban J connectivity index is 3.82. The Morgan fingerprint density at radius 2 is 2.10 bits per heavy atom. The fourth-order valence-corrected chi connectivity index (χ4v) is 1.07. The van der Waals surface area contributed by atoms with Gasteiger partial charge in [-0.25, -0.2) is 17.9 Å². The number of hydrogen-bond donors (Lipinski definition) is 3. The molecule has 0 bridgehead atoms. The van der Waals surface area contributed by atoms with Crippen LogP contribution in [0, 0.1) is 0 Å². The maximum absolute atomic E-state index is 10.4. The smallest absolute Gasteiger partial charge is 0.272 e. The van der Waals surface area contributed by atoms with Gasteiger partial charge in [0.1, 0.15) is 0 Å². The Bertz CT molecular complexity index is 210. The molecule has 8 heteroatoms. The summed E-state index contributed by atoms with van der Waals surface area (Å²) in [6, 6.07) is -0.803. The summed E-state index contributed by atoms with van der Waals surface area (Å²) in [4.78, 5) is 10.4. The minimum absolute atomic E-state index is 0.718. The minimum Gasteiger partial charge on any atom is -0.272 e. The van der Waals surface area contributed by atoms with Crippen LogP contribution in [-0.2, 0) is 10.0 Å². The summed E-state index contributed by atoms with van der Waals surface area (Å²) in [5.41, 5.74) is 0. The van der Waals surface area contributed by atoms with Crippen molar-refractivity contribution in [3.63, 3.8) is 0 Å². The number of thiol groups is 1. The van der Waals surface area contributed by atoms with E-state index in [0.29, 0.717) is 0 Å². The number of carbonyl (C=O) groups excluding carboxylic acids is 1. The first-order valence-corrected chi connectivity index (χ1v) is 5.80. The maximum Gasteiger partial charge on any atom is 0.339 e. The molecule has 0 saturated heterocycles. The van der Waals surface area contributed by atoms with Gasteiger partial charge in [-0.1, -0.05) is 11.7 Å². The molecule has 2 N–H and O–H groups in total. The van der Waals surface area contributed by atoms with Crippen molar-refractivity contribution in [2.24, 2.45) is 0 Å². The molecule has 0 aromatic heterocycles. The number of nitrogens with one attached hydrogen (secondary N) is 2. The van der Waals surface area contributed by atoms with Crippen LogP contribution in [-0.4, -0.2) is 20.7 Å². The van der Waals surface area contributed by atoms with E-state index < -0.39 is 16.1 Å². The number of urea groups is 1. The first-order chi connectivity index (χ1) is 4.45. The van der Waals surface area contributed by atoms with Crippen LogP contribution < -0.4 is 9.44 Å². The van der Waals surface area contributed by atoms with E-state index in [0.717, 1.165) is 17.2 Å². The molecule has 0 unspecified atom stereocenters. The van der Waals surface area contributed by atoms with E-state index in [9.17, 15) is 13.2 Å². The van der Waals surface area contributed by atoms with Crippen molar-refractivity contribution < 1.29 is 13.2 Å². The molecule has 2 amide bonds. The zero-order valence-corrected chi connectivity index (χ0v) is 7.52. The molecular formula is C2H6N2O3S3. The molecular weight excluding hydrogens is 196 g/mol. The van der Waals surface area contributed by atoms with Crippen molar-refractivity contribution in [2.45, 2.75) is 0 Å². The van der Waals surface area contributed by atoms with Crippen LogP contribution in [0.15, 0.2) is 0 Å². The second-order valence-corrected chi connectivity index (χ2v) is 4.08. The van der Waals surface area contributed by atoms with Gasteiger partial charge < -0.3 is 0 Å². The third-order valence-corrected chi connectivity index (χ3v) is 1.52. The van der Waals surface area contributed by atoms with Crippen LogP contribution in [0.25, 0.3) is 0 Å². The van der Waals surface area contributed by atoms with Crippen molar-refractivity contribution in [1.82, 2.24) is 9.44 Å². The van der Waals surface area contributed by atoms with E-state index >= 15 is 0 Å². The number of hydrogen-bond acceptors (Lipinski definition) is 5. The fraction of sp³-hybridized carbons (Fsp3) is 0.500. The molecule has 10 heavy (non-hydrogen) atoms. The van der Waals surface area contributed by atoms with Gasteiger partial charge in [-0.05, 0) is 0 Å². The fourth-order valence-electron chi connectivity index (χ4n) is 0.231. The second kappa shape index (κ2) is 3.94. The monoisotopic (exact) mass is 202 g/mol. The van der Waals surface area contributed by atoms with Crippen molar-refractivity contribution >= 4 is 38.7 Å². The van der Waals surface area contributed by atoms with Crippen molar-refractivity contribution in [2.75, 3.05) is 6.26 Å². The molecule has 0 aliphatic rings. The van der Waals surface area contributed by atoms with Crippen molar-refractivity contribution in [1.29, 1.82) is 0 Å². The van der Waals surface area contributed by atoms with Crippen LogP contribution in [0.1, 0.15) is 0 Å². The minimum atomic E-state index is -3.45. The second-order valence-electron chi connectivity index (χ2n) is 1.40. The van der Waals surface area contributed by atoms with Gasteiger partial charge in [0.25, 0.3) is 0 Å². The van der Waals surface area contributed by atoms with Crippen LogP contribution in [0.2, 0.25) is 0 Å². The molecule has 0 rings (SSSR count). The zero-order valence-electron chi connectivity index (χ0n) is 4.99. The largest absolute Gasteiger partial charge is 0.339 e. The molecule has 0 fully saturated rings. The molecule has 0 radical (unpaired) electrons. The van der Waals surface area contributed by atoms with Gasteiger partial charge in [-0.3, -0.25) is 4.72 Å². The van der Waals surface area contributed by atoms with Crippen LogP contribution in [0.3, 0.4) is 0 Å². The highest BCUT2D eigenvalue weighted by Gasteiger charge is 2.05. The third kappa shape index (κ3) is 6.05. The SMILES string of the molecule is CS(=O)(=O)NC(=O)NSS. The molecule has 0 spiro atoms. The van der Waals surface area contributed by atoms with Crippen molar-refractivity contribution in [3.8, 4) is 0 Å². The Morgan fingerprint density at radius 1 is 1.60 bits per heavy atom. The summed E-state index contributed by atoms with van der Waals surface area (Å²) < 4.78 is 24.3. The molecule has 0 aromatic carbocycles. The average Bonchev–Trinajstić information content (AvgIpc) is 1.59. The number of carbonyl (C=O) groups is 1. The summed E-state index contributed by atoms with van der Waals surface area (Å²) in [6.45, 7) is 0. The Morgan fingerprint density at radius 3 is 2.40 bits per heavy atom. The predicted octanol–water partition coefficient (Wildman–Crippen LogP) is -0.262. The highest BCUT2D eigenvalue weighted by Crippen LogP contribution is 1.95. The van der Waals surface area contributed by atoms with E-state index in [1.807, 2.05) is 0 Å². The van der Waals surface area contributed by atoms with E-state index in [1.54, 1.807) is 4.72 Å². The lowest BCUT2D eigenvalue weighted by Crippen LogP contribution is -2.34. The molecule has 0 saturated carbocycles. The summed E-state index contributed by atoms with van der Waals surface area (Å²) >= 11 is 3.56. The number of rotatable bonds is 2. The lowest BCUT2D eigenvalue weighted by atomic mass is 11.2. The van der Waals surface area contributed by atoms with Gasteiger partial charge in [0.2, 0.25) is 10.0 Å². The van der Waals surface area contributed by atoms with E-state index in [1.165, 1.54) is 0 Å². The molecule has 0 heterocycles. The predicted molar refractivity (Wildman–Crippen MR) is 43.1 cm³/mol. The van der Waals surface area contributed by atoms with Gasteiger partial charge in [0, 0.05) is 11.0 Å². The van der Waals surface area contributed by atoms with Crippen molar-refractivity contribution in [3.05, 3.63) is 0 Å². The lowest BCUT2D eigenvalue weighted by Gasteiger charge is -1.99. The van der Waals surface area contributed by atoms with Crippen LogP contribution >= 0.6 is 22.6 Å². The lowest BCUT2D eigenvalue weighted by molar-refractivity contribution is 0.251. The van der Waals surface area contributed by atoms with Gasteiger partial charge in [-0.15, -0.1) is 0 Å². The molecule has 5 nitrogen and oxygen atoms in total. The summed E-state index contributed by atoms with van der Waals surface area (Å²) in [7, 11) is -2.74. The van der Waals surface area contributed by atoms with E-state index in [-0.39, 0.29) is 0 Å². The third-order valence-electron chi connectivity index (χ3n) is 0.416. The highest BCUT2D eigenvalue weighted by molar-refractivity contribution is 8.68. The normalized spacial score (nSPS) is 10.6. The molecule has 0 aliphatic carbocycles. The maximum atomic E-state index is 10.4. The van der Waals surface area contributed by atoms with E-state index in [4.69, 9.17) is 0 Å². The standard InChI is InChI=1S/C2H6N2O3S3/c1-10(6,7)4-2(5)3-9-8/h8H,1H3,(H2,3,4,5). The topological polar surface area (TPSA) is 75.3 Å². The van der Waals surface area contributed by atoms with Gasteiger partial charge in [-0.2, -0.15) is 0 Å². The molecule has 0 atom stereocenters. The first-order valence-electron chi connectivity index (χ1n) is 2.04. The summed E-state index contributed by atoms with van der Waals surface area (Å²) in [5, 5.41) is 0. The molecule has 60 valence electrons. The molecule has 0 aromatic rings. The first kappa shape index (κ1) is 9.92. The molecule has 0 aliphatic heterocycles. The Kier molecular flexibility index (Phi) is 3.91. The van der Waals surface area contributed by atoms with Crippen LogP contribution in [0.5, 0.6) is 0 Å². The van der Waals surface area contributed by atoms with Gasteiger partial charge in [0.15, 0.2) is 0 Å². The zero-order chi connectivity index (χ0) is 8.20. The quantitative estimate of drug-likeness (QED) is 0.327. The van der Waals surface area contributed by atoms with Crippen LogP contribution in [0.4, 0.5) is 4.79 Å². The Labute approximate surface area is 67.9 Å². The van der Waals surface area contributed by atoms with Gasteiger partial charge in [0.05, 0.1) is 6.26 Å². The van der Waals surface area contributed by atoms with Gasteiger partial charge >= 0.3 is 6.03 Å². The summed E-state index contributed by atoms with van der Waals surface area (Å²) in [5.74, 6) is 0. The Hall–Kier alpha value is -0.0800. The number of amides is 2. The average molecular weight is 202 g/mol. The number of sulfonamides is 1. The van der Waals surface area contributed by atoms with E-state index in [2.05, 4.69) is 16.4 Å².